The topological polar surface area (TPSA) is 12.0 Å². The summed E-state index contributed by atoms with van der Waals surface area (Å²) in [5.74, 6) is 2.31. The monoisotopic (exact) mass is 255 g/mol. The van der Waals surface area contributed by atoms with E-state index in [0.717, 1.165) is 11.8 Å². The summed E-state index contributed by atoms with van der Waals surface area (Å²) in [6.45, 7) is 18.9. The van der Waals surface area contributed by atoms with Gasteiger partial charge in [-0.3, -0.25) is 0 Å². The van der Waals surface area contributed by atoms with Crippen LogP contribution >= 0.6 is 0 Å². The van der Waals surface area contributed by atoms with Gasteiger partial charge in [-0.15, -0.1) is 0 Å². The maximum absolute atomic E-state index is 3.56. The fourth-order valence-electron chi connectivity index (χ4n) is 3.05. The third-order valence-electron chi connectivity index (χ3n) is 4.80. The Morgan fingerprint density at radius 2 is 1.44 bits per heavy atom. The average molecular weight is 255 g/mol. The summed E-state index contributed by atoms with van der Waals surface area (Å²) in [4.78, 5) is 0. The van der Waals surface area contributed by atoms with Crippen molar-refractivity contribution in [2.45, 2.75) is 80.2 Å². The first-order valence-electron chi connectivity index (χ1n) is 7.74. The second-order valence-corrected chi connectivity index (χ2v) is 7.94. The molecule has 0 aliphatic heterocycles. The molecule has 1 N–H and O–H groups in total. The molecule has 0 aromatic heterocycles. The van der Waals surface area contributed by atoms with Crippen molar-refractivity contribution in [2.24, 2.45) is 23.2 Å². The summed E-state index contributed by atoms with van der Waals surface area (Å²) in [7, 11) is 2.11. The summed E-state index contributed by atoms with van der Waals surface area (Å²) in [5, 5.41) is 3.56. The molecule has 0 fully saturated rings. The molecule has 0 heterocycles. The molecule has 3 atom stereocenters. The Morgan fingerprint density at radius 3 is 1.72 bits per heavy atom. The van der Waals surface area contributed by atoms with Gasteiger partial charge in [0, 0.05) is 5.54 Å². The van der Waals surface area contributed by atoms with E-state index in [-0.39, 0.29) is 5.54 Å². The Hall–Kier alpha value is -0.0400. The van der Waals surface area contributed by atoms with Crippen LogP contribution in [-0.2, 0) is 0 Å². The van der Waals surface area contributed by atoms with E-state index in [1.807, 2.05) is 0 Å². The van der Waals surface area contributed by atoms with Crippen LogP contribution in [0.5, 0.6) is 0 Å². The lowest BCUT2D eigenvalue weighted by Crippen LogP contribution is -2.47. The van der Waals surface area contributed by atoms with Crippen molar-refractivity contribution in [2.75, 3.05) is 7.05 Å². The van der Waals surface area contributed by atoms with Gasteiger partial charge in [-0.05, 0) is 50.0 Å². The second-order valence-electron chi connectivity index (χ2n) is 7.94. The zero-order valence-corrected chi connectivity index (χ0v) is 14.4. The number of hydrogen-bond acceptors (Lipinski definition) is 1. The van der Waals surface area contributed by atoms with Crippen LogP contribution in [0.15, 0.2) is 0 Å². The molecule has 0 bridgehead atoms. The predicted molar refractivity (Wildman–Crippen MR) is 83.9 cm³/mol. The van der Waals surface area contributed by atoms with E-state index in [4.69, 9.17) is 0 Å². The van der Waals surface area contributed by atoms with Crippen LogP contribution < -0.4 is 5.32 Å². The van der Waals surface area contributed by atoms with E-state index >= 15 is 0 Å². The van der Waals surface area contributed by atoms with Crippen LogP contribution in [0.2, 0.25) is 0 Å². The van der Waals surface area contributed by atoms with Crippen molar-refractivity contribution in [1.82, 2.24) is 5.32 Å². The molecule has 0 aliphatic rings. The van der Waals surface area contributed by atoms with Crippen molar-refractivity contribution in [3.8, 4) is 0 Å². The zero-order chi connectivity index (χ0) is 14.6. The van der Waals surface area contributed by atoms with Gasteiger partial charge in [0.15, 0.2) is 0 Å². The van der Waals surface area contributed by atoms with Gasteiger partial charge in [0.1, 0.15) is 0 Å². The maximum Gasteiger partial charge on any atom is 0.0175 e. The fourth-order valence-corrected chi connectivity index (χ4v) is 3.05. The Labute approximate surface area is 116 Å². The van der Waals surface area contributed by atoms with Crippen LogP contribution in [0.4, 0.5) is 0 Å². The molecular weight excluding hydrogens is 218 g/mol. The van der Waals surface area contributed by atoms with Gasteiger partial charge in [-0.25, -0.2) is 0 Å². The summed E-state index contributed by atoms with van der Waals surface area (Å²) in [6.07, 6.45) is 3.90. The quantitative estimate of drug-likeness (QED) is 0.666. The SMILES string of the molecule is CCC(CC(C)(NC)C(C)C)C(C)CC(C)(C)C. The Kier molecular flexibility index (Phi) is 6.92. The molecule has 0 saturated heterocycles. The molecule has 110 valence electrons. The molecule has 0 saturated carbocycles. The molecule has 0 aromatic carbocycles. The van der Waals surface area contributed by atoms with Crippen LogP contribution in [-0.4, -0.2) is 12.6 Å². The molecule has 0 spiro atoms. The molecule has 0 rings (SSSR count). The minimum atomic E-state index is 0.271. The van der Waals surface area contributed by atoms with E-state index in [9.17, 15) is 0 Å². The van der Waals surface area contributed by atoms with Crippen molar-refractivity contribution in [3.63, 3.8) is 0 Å². The largest absolute Gasteiger partial charge is 0.314 e. The van der Waals surface area contributed by atoms with Crippen LogP contribution in [0.3, 0.4) is 0 Å². The van der Waals surface area contributed by atoms with Crippen molar-refractivity contribution < 1.29 is 0 Å². The Bertz CT molecular complexity index is 226. The summed E-state index contributed by atoms with van der Waals surface area (Å²) in [5.41, 5.74) is 0.716. The smallest absolute Gasteiger partial charge is 0.0175 e. The first-order chi connectivity index (χ1) is 8.05. The van der Waals surface area contributed by atoms with Gasteiger partial charge in [0.05, 0.1) is 0 Å². The van der Waals surface area contributed by atoms with Gasteiger partial charge in [0.25, 0.3) is 0 Å². The molecule has 1 heteroatoms. The minimum Gasteiger partial charge on any atom is -0.314 e. The second kappa shape index (κ2) is 6.93. The summed E-state index contributed by atoms with van der Waals surface area (Å²) >= 11 is 0. The maximum atomic E-state index is 3.56. The van der Waals surface area contributed by atoms with Gasteiger partial charge in [0.2, 0.25) is 0 Å². The zero-order valence-electron chi connectivity index (χ0n) is 14.4. The number of rotatable bonds is 7. The Morgan fingerprint density at radius 1 is 0.944 bits per heavy atom. The van der Waals surface area contributed by atoms with Crippen molar-refractivity contribution in [1.29, 1.82) is 0 Å². The number of hydrogen-bond donors (Lipinski definition) is 1. The highest BCUT2D eigenvalue weighted by atomic mass is 14.9. The molecule has 0 aliphatic carbocycles. The Balaban J connectivity index is 4.69. The first-order valence-corrected chi connectivity index (χ1v) is 7.74. The molecule has 18 heavy (non-hydrogen) atoms. The molecule has 3 unspecified atom stereocenters. The first kappa shape index (κ1) is 18.0. The molecule has 0 aromatic rings. The van der Waals surface area contributed by atoms with E-state index in [0.29, 0.717) is 11.3 Å². The van der Waals surface area contributed by atoms with Crippen molar-refractivity contribution >= 4 is 0 Å². The predicted octanol–water partition coefficient (Wildman–Crippen LogP) is 5.11. The molecule has 1 nitrogen and oxygen atoms in total. The van der Waals surface area contributed by atoms with Gasteiger partial charge < -0.3 is 5.32 Å². The third-order valence-corrected chi connectivity index (χ3v) is 4.80. The highest BCUT2D eigenvalue weighted by Gasteiger charge is 2.32. The average Bonchev–Trinajstić information content (AvgIpc) is 2.22. The number of nitrogens with one attached hydrogen (secondary N) is 1. The van der Waals surface area contributed by atoms with E-state index in [2.05, 4.69) is 67.8 Å². The lowest BCUT2D eigenvalue weighted by molar-refractivity contribution is 0.155. The minimum absolute atomic E-state index is 0.271. The van der Waals surface area contributed by atoms with E-state index < -0.39 is 0 Å². The molecular formula is C17H37N. The standard InChI is InChI=1S/C17H37N/c1-10-15(14(4)11-16(5,6)7)12-17(8,18-9)13(2)3/h13-15,18H,10-12H2,1-9H3. The lowest BCUT2D eigenvalue weighted by atomic mass is 9.71. The molecule has 0 amide bonds. The van der Waals surface area contributed by atoms with Gasteiger partial charge >= 0.3 is 0 Å². The van der Waals surface area contributed by atoms with Gasteiger partial charge in [-0.1, -0.05) is 54.9 Å². The normalized spacial score (nSPS) is 19.7. The van der Waals surface area contributed by atoms with Gasteiger partial charge in [-0.2, -0.15) is 0 Å². The highest BCUT2D eigenvalue weighted by molar-refractivity contribution is 4.88. The summed E-state index contributed by atoms with van der Waals surface area (Å²) in [6, 6.07) is 0. The van der Waals surface area contributed by atoms with Crippen LogP contribution in [0, 0.1) is 23.2 Å². The van der Waals surface area contributed by atoms with Crippen LogP contribution in [0.25, 0.3) is 0 Å². The van der Waals surface area contributed by atoms with E-state index in [1.54, 1.807) is 0 Å². The van der Waals surface area contributed by atoms with E-state index in [1.165, 1.54) is 19.3 Å². The lowest BCUT2D eigenvalue weighted by Gasteiger charge is -2.39. The molecule has 0 radical (unpaired) electrons. The van der Waals surface area contributed by atoms with Crippen LogP contribution in [0.1, 0.15) is 74.7 Å². The highest BCUT2D eigenvalue weighted by Crippen LogP contribution is 2.36. The van der Waals surface area contributed by atoms with Crippen molar-refractivity contribution in [3.05, 3.63) is 0 Å². The summed E-state index contributed by atoms with van der Waals surface area (Å²) < 4.78 is 0. The fraction of sp³-hybridized carbons (Fsp3) is 1.00. The third kappa shape index (κ3) is 5.73.